The van der Waals surface area contributed by atoms with Crippen LogP contribution in [0.3, 0.4) is 0 Å². The van der Waals surface area contributed by atoms with Crippen molar-refractivity contribution in [2.45, 2.75) is 57.2 Å². The molecular weight excluding hydrogens is 491 g/mol. The monoisotopic (exact) mass is 528 g/mol. The van der Waals surface area contributed by atoms with Gasteiger partial charge in [-0.05, 0) is 0 Å². The Balaban J connectivity index is 2.69. The van der Waals surface area contributed by atoms with Gasteiger partial charge in [0.15, 0.2) is 0 Å². The molecule has 0 spiro atoms. The summed E-state index contributed by atoms with van der Waals surface area (Å²) in [4.78, 5) is 39.6. The standard InChI is InChI=1S/C24H36O6SeSi/c1-7-29-22(26)24(23(27)30-8-2)18(20(25)28-6)19(24)21(32(9-3,10-4)11-5)31-17-15-13-12-14-16-17/h12-16,18-19,21H,7-11H2,1-6H3/t18-,19+,21+/m0/s1. The van der Waals surface area contributed by atoms with E-state index in [-0.39, 0.29) is 32.6 Å². The van der Waals surface area contributed by atoms with Gasteiger partial charge >= 0.3 is 199 Å². The average molecular weight is 528 g/mol. The fraction of sp³-hybridized carbons (Fsp3) is 0.625. The van der Waals surface area contributed by atoms with Gasteiger partial charge in [0.2, 0.25) is 0 Å². The van der Waals surface area contributed by atoms with E-state index in [9.17, 15) is 14.4 Å². The van der Waals surface area contributed by atoms with Crippen LogP contribution >= 0.6 is 0 Å². The molecule has 0 unspecified atom stereocenters. The van der Waals surface area contributed by atoms with Crippen LogP contribution in [0.25, 0.3) is 0 Å². The number of carbonyl (C=O) groups is 3. The van der Waals surface area contributed by atoms with E-state index < -0.39 is 43.2 Å². The van der Waals surface area contributed by atoms with Crippen LogP contribution in [-0.4, -0.2) is 61.3 Å². The summed E-state index contributed by atoms with van der Waals surface area (Å²) in [6, 6.07) is 13.3. The van der Waals surface area contributed by atoms with Gasteiger partial charge in [0.05, 0.1) is 0 Å². The van der Waals surface area contributed by atoms with Crippen LogP contribution < -0.4 is 4.46 Å². The molecule has 0 amide bonds. The number of hydrogen-bond donors (Lipinski definition) is 0. The predicted octanol–water partition coefficient (Wildman–Crippen LogP) is 3.38. The van der Waals surface area contributed by atoms with E-state index in [1.165, 1.54) is 11.6 Å². The molecule has 6 nitrogen and oxygen atoms in total. The molecule has 32 heavy (non-hydrogen) atoms. The van der Waals surface area contributed by atoms with E-state index in [4.69, 9.17) is 14.2 Å². The zero-order valence-electron chi connectivity index (χ0n) is 20.0. The zero-order valence-corrected chi connectivity index (χ0v) is 22.7. The SMILES string of the molecule is CCOC(=O)C1(C(=O)OCC)[C@@H]([C@H]([Se]c2ccccc2)[Si](CC)(CC)CC)[C@H]1C(=O)OC. The Morgan fingerprint density at radius 3 is 1.84 bits per heavy atom. The van der Waals surface area contributed by atoms with Crippen molar-refractivity contribution in [3.63, 3.8) is 0 Å². The van der Waals surface area contributed by atoms with Crippen LogP contribution in [0.4, 0.5) is 0 Å². The number of ether oxygens (including phenoxy) is 3. The van der Waals surface area contributed by atoms with Gasteiger partial charge in [0.25, 0.3) is 0 Å². The number of esters is 3. The van der Waals surface area contributed by atoms with E-state index in [1.807, 2.05) is 18.2 Å². The number of carbonyl (C=O) groups excluding carboxylic acids is 3. The molecule has 1 aromatic carbocycles. The zero-order chi connectivity index (χ0) is 23.9. The fourth-order valence-electron chi connectivity index (χ4n) is 4.98. The van der Waals surface area contributed by atoms with Crippen LogP contribution in [0.2, 0.25) is 22.6 Å². The van der Waals surface area contributed by atoms with Gasteiger partial charge in [-0.25, -0.2) is 0 Å². The molecule has 1 saturated carbocycles. The Bertz CT molecular complexity index is 769. The molecule has 1 aromatic rings. The first-order valence-corrected chi connectivity index (χ1v) is 16.0. The first kappa shape index (κ1) is 26.6. The van der Waals surface area contributed by atoms with Gasteiger partial charge in [-0.3, -0.25) is 0 Å². The van der Waals surface area contributed by atoms with Gasteiger partial charge in [-0.2, -0.15) is 0 Å². The van der Waals surface area contributed by atoms with E-state index in [2.05, 4.69) is 32.9 Å². The molecule has 2 rings (SSSR count). The third-order valence-electron chi connectivity index (χ3n) is 7.00. The van der Waals surface area contributed by atoms with Gasteiger partial charge in [0.1, 0.15) is 0 Å². The molecule has 8 heteroatoms. The van der Waals surface area contributed by atoms with Gasteiger partial charge in [-0.1, -0.05) is 0 Å². The van der Waals surface area contributed by atoms with Crippen LogP contribution in [0.1, 0.15) is 34.6 Å². The van der Waals surface area contributed by atoms with Crippen molar-refractivity contribution < 1.29 is 28.6 Å². The van der Waals surface area contributed by atoms with E-state index >= 15 is 0 Å². The average Bonchev–Trinajstić information content (AvgIpc) is 3.51. The molecule has 1 aliphatic rings. The van der Waals surface area contributed by atoms with Crippen molar-refractivity contribution in [1.29, 1.82) is 0 Å². The fourth-order valence-corrected chi connectivity index (χ4v) is 16.9. The van der Waals surface area contributed by atoms with Crippen molar-refractivity contribution in [3.8, 4) is 0 Å². The molecule has 1 fully saturated rings. The summed E-state index contributed by atoms with van der Waals surface area (Å²) in [6.45, 7) is 10.3. The summed E-state index contributed by atoms with van der Waals surface area (Å²) in [5, 5.41) is 0. The summed E-state index contributed by atoms with van der Waals surface area (Å²) in [6.07, 6.45) is 0. The quantitative estimate of drug-likeness (QED) is 0.180. The summed E-state index contributed by atoms with van der Waals surface area (Å²) in [5.41, 5.74) is -1.61. The molecule has 1 aliphatic carbocycles. The van der Waals surface area contributed by atoms with Crippen LogP contribution in [-0.2, 0) is 28.6 Å². The first-order chi connectivity index (χ1) is 15.3. The number of rotatable bonds is 12. The third-order valence-corrected chi connectivity index (χ3v) is 18.8. The molecule has 0 aromatic heterocycles. The van der Waals surface area contributed by atoms with E-state index in [1.54, 1.807) is 13.8 Å². The maximum absolute atomic E-state index is 13.3. The molecule has 178 valence electrons. The molecule has 0 heterocycles. The van der Waals surface area contributed by atoms with E-state index in [0.717, 1.165) is 18.1 Å². The molecule has 3 atom stereocenters. The summed E-state index contributed by atoms with van der Waals surface area (Å²) < 4.78 is 17.2. The summed E-state index contributed by atoms with van der Waals surface area (Å²) in [5.74, 6) is -3.16. The molecular formula is C24H36O6SeSi. The molecule has 0 aliphatic heterocycles. The normalized spacial score (nSPS) is 20.2. The van der Waals surface area contributed by atoms with Crippen molar-refractivity contribution in [3.05, 3.63) is 30.3 Å². The van der Waals surface area contributed by atoms with Crippen LogP contribution in [0.15, 0.2) is 30.3 Å². The number of benzene rings is 1. The topological polar surface area (TPSA) is 78.9 Å². The van der Waals surface area contributed by atoms with Gasteiger partial charge in [-0.15, -0.1) is 0 Å². The molecule has 0 radical (unpaired) electrons. The second-order valence-corrected chi connectivity index (χ2v) is 17.1. The number of hydrogen-bond acceptors (Lipinski definition) is 6. The second kappa shape index (κ2) is 11.5. The molecule has 0 bridgehead atoms. The molecule has 0 N–H and O–H groups in total. The van der Waals surface area contributed by atoms with Crippen molar-refractivity contribution in [2.24, 2.45) is 17.3 Å². The van der Waals surface area contributed by atoms with E-state index in [0.29, 0.717) is 0 Å². The van der Waals surface area contributed by atoms with Gasteiger partial charge < -0.3 is 0 Å². The maximum atomic E-state index is 13.3. The molecule has 0 saturated heterocycles. The first-order valence-electron chi connectivity index (χ1n) is 11.5. The Morgan fingerprint density at radius 2 is 1.44 bits per heavy atom. The predicted molar refractivity (Wildman–Crippen MR) is 127 cm³/mol. The third kappa shape index (κ3) is 4.68. The van der Waals surface area contributed by atoms with Crippen LogP contribution in [0.5, 0.6) is 0 Å². The summed E-state index contributed by atoms with van der Waals surface area (Å²) in [7, 11) is -0.647. The van der Waals surface area contributed by atoms with Crippen LogP contribution in [0, 0.1) is 17.3 Å². The van der Waals surface area contributed by atoms with Crippen molar-refractivity contribution in [2.75, 3.05) is 20.3 Å². The minimum absolute atomic E-state index is 0.0206. The minimum atomic E-state index is -1.95. The number of methoxy groups -OCH3 is 1. The van der Waals surface area contributed by atoms with Crippen molar-refractivity contribution in [1.82, 2.24) is 0 Å². The Hall–Kier alpha value is -1.63. The van der Waals surface area contributed by atoms with Crippen molar-refractivity contribution >= 4 is 45.4 Å². The second-order valence-electron chi connectivity index (χ2n) is 8.11. The Kier molecular flexibility index (Phi) is 9.55. The summed E-state index contributed by atoms with van der Waals surface area (Å²) >= 11 is -0.0206. The van der Waals surface area contributed by atoms with Gasteiger partial charge in [0, 0.05) is 0 Å². The Labute approximate surface area is 198 Å². The Morgan fingerprint density at radius 1 is 0.938 bits per heavy atom.